The summed E-state index contributed by atoms with van der Waals surface area (Å²) in [5, 5.41) is 2.46. The minimum Gasteiger partial charge on any atom is -0.491 e. The van der Waals surface area contributed by atoms with Gasteiger partial charge in [0, 0.05) is 12.1 Å². The fraction of sp³-hybridized carbons (Fsp3) is 0.364. The fourth-order valence-electron chi connectivity index (χ4n) is 1.55. The molecule has 19 heavy (non-hydrogen) atoms. The van der Waals surface area contributed by atoms with Crippen molar-refractivity contribution in [3.63, 3.8) is 0 Å². The lowest BCUT2D eigenvalue weighted by Crippen LogP contribution is -2.19. The molecule has 1 fully saturated rings. The smallest absolute Gasteiger partial charge is 0.316 e. The summed E-state index contributed by atoms with van der Waals surface area (Å²) in [6, 6.07) is 2.69. The summed E-state index contributed by atoms with van der Waals surface area (Å²) >= 11 is 4.05. The summed E-state index contributed by atoms with van der Waals surface area (Å²) in [5.41, 5.74) is 5.58. The lowest BCUT2D eigenvalue weighted by atomic mass is 10.3. The van der Waals surface area contributed by atoms with Crippen LogP contribution in [0.5, 0.6) is 5.75 Å². The van der Waals surface area contributed by atoms with E-state index in [1.54, 1.807) is 12.1 Å². The Hall–Kier alpha value is -0.390. The van der Waals surface area contributed by atoms with Gasteiger partial charge in [0.1, 0.15) is 5.75 Å². The Labute approximate surface area is 135 Å². The van der Waals surface area contributed by atoms with Crippen LogP contribution in [-0.2, 0) is 0 Å². The monoisotopic (exact) mass is 494 g/mol. The van der Waals surface area contributed by atoms with E-state index in [0.717, 1.165) is 7.14 Å². The number of alkyl halides is 2. The Kier molecular flexibility index (Phi) is 4.38. The first-order valence-corrected chi connectivity index (χ1v) is 7.51. The second-order valence-corrected chi connectivity index (χ2v) is 6.56. The molecule has 0 aliphatic heterocycles. The van der Waals surface area contributed by atoms with Crippen LogP contribution < -0.4 is 15.8 Å². The molecule has 0 radical (unpaired) electrons. The number of rotatable bonds is 4. The lowest BCUT2D eigenvalue weighted by molar-refractivity contribution is 0.0853. The topological polar surface area (TPSA) is 64.4 Å². The van der Waals surface area contributed by atoms with Crippen molar-refractivity contribution in [2.24, 2.45) is 11.7 Å². The zero-order valence-corrected chi connectivity index (χ0v) is 13.9. The number of ether oxygens (including phenoxy) is 1. The summed E-state index contributed by atoms with van der Waals surface area (Å²) in [6.45, 7) is 0.00159. The van der Waals surface area contributed by atoms with Crippen LogP contribution in [0.25, 0.3) is 0 Å². The van der Waals surface area contributed by atoms with Crippen molar-refractivity contribution in [2.45, 2.75) is 12.3 Å². The van der Waals surface area contributed by atoms with Crippen molar-refractivity contribution in [3.05, 3.63) is 19.3 Å². The van der Waals surface area contributed by atoms with Gasteiger partial charge in [-0.2, -0.15) is 0 Å². The molecule has 1 saturated carbocycles. The maximum absolute atomic E-state index is 12.8. The zero-order valence-electron chi connectivity index (χ0n) is 9.55. The summed E-state index contributed by atoms with van der Waals surface area (Å²) < 4.78 is 32.4. The van der Waals surface area contributed by atoms with E-state index in [1.165, 1.54) is 0 Å². The average molecular weight is 494 g/mol. The van der Waals surface area contributed by atoms with Gasteiger partial charge in [0.2, 0.25) is 0 Å². The first-order valence-electron chi connectivity index (χ1n) is 5.35. The van der Waals surface area contributed by atoms with E-state index in [1.807, 2.05) is 45.2 Å². The molecular formula is C11H10F2I2N2O2. The van der Waals surface area contributed by atoms with Crippen LogP contribution in [0.2, 0.25) is 0 Å². The molecule has 104 valence electrons. The Morgan fingerprint density at radius 1 is 1.47 bits per heavy atom. The molecule has 1 aliphatic rings. The Morgan fingerprint density at radius 2 is 2.00 bits per heavy atom. The van der Waals surface area contributed by atoms with Gasteiger partial charge < -0.3 is 15.8 Å². The Balaban J connectivity index is 2.06. The highest BCUT2D eigenvalue weighted by molar-refractivity contribution is 14.1. The number of nitrogens with two attached hydrogens (primary N) is 1. The molecule has 0 bridgehead atoms. The minimum absolute atomic E-state index is 0.00159. The van der Waals surface area contributed by atoms with E-state index in [0.29, 0.717) is 11.4 Å². The molecule has 4 nitrogen and oxygen atoms in total. The minimum atomic E-state index is -2.58. The molecule has 1 unspecified atom stereocenters. The molecule has 8 heteroatoms. The molecule has 2 amide bonds. The van der Waals surface area contributed by atoms with Gasteiger partial charge in [-0.1, -0.05) is 0 Å². The molecule has 1 atom stereocenters. The van der Waals surface area contributed by atoms with Gasteiger partial charge in [-0.15, -0.1) is 0 Å². The highest BCUT2D eigenvalue weighted by Gasteiger charge is 2.57. The second-order valence-electron chi connectivity index (χ2n) is 4.23. The number of hydrogen-bond acceptors (Lipinski definition) is 2. The third-order valence-electron chi connectivity index (χ3n) is 2.65. The molecule has 0 saturated heterocycles. The van der Waals surface area contributed by atoms with Gasteiger partial charge in [0.05, 0.1) is 19.7 Å². The first kappa shape index (κ1) is 15.0. The molecule has 0 spiro atoms. The van der Waals surface area contributed by atoms with E-state index in [4.69, 9.17) is 10.5 Å². The third-order valence-corrected chi connectivity index (χ3v) is 4.25. The number of benzene rings is 1. The standard InChI is InChI=1S/C11H10F2I2N2O2/c12-11(13)3-5(11)4-19-9-7(14)1-6(2-8(9)15)17-10(16)18/h1-2,5H,3-4H2,(H3,16,17,18). The molecule has 3 N–H and O–H groups in total. The maximum atomic E-state index is 12.8. The number of urea groups is 1. The average Bonchev–Trinajstić information content (AvgIpc) is 2.84. The van der Waals surface area contributed by atoms with Gasteiger partial charge >= 0.3 is 6.03 Å². The number of primary amides is 1. The largest absolute Gasteiger partial charge is 0.491 e. The van der Waals surface area contributed by atoms with Crippen molar-refractivity contribution in [1.82, 2.24) is 0 Å². The van der Waals surface area contributed by atoms with Crippen molar-refractivity contribution >= 4 is 56.9 Å². The number of hydrogen-bond donors (Lipinski definition) is 2. The van der Waals surface area contributed by atoms with Gasteiger partial charge in [-0.05, 0) is 57.3 Å². The summed E-state index contributed by atoms with van der Waals surface area (Å²) in [6.07, 6.45) is -0.110. The highest BCUT2D eigenvalue weighted by atomic mass is 127. The SMILES string of the molecule is NC(=O)Nc1cc(I)c(OCC2CC2(F)F)c(I)c1. The number of carbonyl (C=O) groups excluding carboxylic acids is 1. The molecule has 2 rings (SSSR count). The predicted molar refractivity (Wildman–Crippen MR) is 83.6 cm³/mol. The van der Waals surface area contributed by atoms with E-state index in [2.05, 4.69) is 5.32 Å². The van der Waals surface area contributed by atoms with E-state index < -0.39 is 17.9 Å². The molecule has 0 heterocycles. The molecule has 0 aromatic heterocycles. The highest BCUT2D eigenvalue weighted by Crippen LogP contribution is 2.48. The third kappa shape index (κ3) is 3.80. The fourth-order valence-corrected chi connectivity index (χ4v) is 3.63. The van der Waals surface area contributed by atoms with Crippen LogP contribution in [0.4, 0.5) is 19.3 Å². The number of nitrogens with one attached hydrogen (secondary N) is 1. The summed E-state index contributed by atoms with van der Waals surface area (Å²) in [4.78, 5) is 10.8. The predicted octanol–water partition coefficient (Wildman–Crippen LogP) is 3.42. The van der Waals surface area contributed by atoms with Crippen molar-refractivity contribution < 1.29 is 18.3 Å². The molecule has 1 aromatic carbocycles. The van der Waals surface area contributed by atoms with Gasteiger partial charge in [0.15, 0.2) is 0 Å². The summed E-state index contributed by atoms with van der Waals surface area (Å²) in [5.74, 6) is -2.72. The van der Waals surface area contributed by atoms with Crippen LogP contribution in [-0.4, -0.2) is 18.6 Å². The quantitative estimate of drug-likeness (QED) is 0.631. The van der Waals surface area contributed by atoms with Crippen LogP contribution in [0.15, 0.2) is 12.1 Å². The van der Waals surface area contributed by atoms with E-state index in [9.17, 15) is 13.6 Å². The lowest BCUT2D eigenvalue weighted by Gasteiger charge is -2.12. The molecule has 1 aliphatic carbocycles. The van der Waals surface area contributed by atoms with Gasteiger partial charge in [-0.25, -0.2) is 13.6 Å². The number of halogens is 4. The Bertz CT molecular complexity index is 502. The van der Waals surface area contributed by atoms with Crippen LogP contribution >= 0.6 is 45.2 Å². The summed E-state index contributed by atoms with van der Waals surface area (Å²) in [7, 11) is 0. The van der Waals surface area contributed by atoms with Gasteiger partial charge in [0.25, 0.3) is 5.92 Å². The van der Waals surface area contributed by atoms with Crippen molar-refractivity contribution in [1.29, 1.82) is 0 Å². The van der Waals surface area contributed by atoms with Gasteiger partial charge in [-0.3, -0.25) is 0 Å². The number of anilines is 1. The maximum Gasteiger partial charge on any atom is 0.316 e. The molecule has 1 aromatic rings. The number of amides is 2. The molecular weight excluding hydrogens is 484 g/mol. The van der Waals surface area contributed by atoms with Crippen molar-refractivity contribution in [3.8, 4) is 5.75 Å². The van der Waals surface area contributed by atoms with E-state index in [-0.39, 0.29) is 13.0 Å². The first-order chi connectivity index (χ1) is 8.79. The van der Waals surface area contributed by atoms with Crippen LogP contribution in [0.3, 0.4) is 0 Å². The zero-order chi connectivity index (χ0) is 14.2. The number of carbonyl (C=O) groups is 1. The second kappa shape index (κ2) is 5.54. The van der Waals surface area contributed by atoms with Crippen molar-refractivity contribution in [2.75, 3.05) is 11.9 Å². The van der Waals surface area contributed by atoms with Crippen LogP contribution in [0.1, 0.15) is 6.42 Å². The normalized spacial score (nSPS) is 19.9. The Morgan fingerprint density at radius 3 is 2.42 bits per heavy atom. The van der Waals surface area contributed by atoms with Crippen LogP contribution in [0, 0.1) is 13.1 Å². The van der Waals surface area contributed by atoms with E-state index >= 15 is 0 Å².